The monoisotopic (exact) mass is 718 g/mol. The van der Waals surface area contributed by atoms with Crippen LogP contribution in [0.15, 0.2) is 158 Å². The lowest BCUT2D eigenvalue weighted by atomic mass is 9.73. The SMILES string of the molecule is CC1(C)c2ccccc2-c2cc3c4cc(-c5ccc6c(c5)c5c(n6-c6ccccc6)CC6C(=C5)c5ccccc5C6(C)C)ccc4n(-c4ccccc4)c3cc21. The van der Waals surface area contributed by atoms with Crippen molar-refractivity contribution in [1.82, 2.24) is 9.13 Å². The molecule has 0 saturated carbocycles. The Hall–Kier alpha value is -6.38. The Balaban J connectivity index is 1.09. The Morgan fingerprint density at radius 1 is 0.464 bits per heavy atom. The summed E-state index contributed by atoms with van der Waals surface area (Å²) in [7, 11) is 0. The predicted octanol–water partition coefficient (Wildman–Crippen LogP) is 13.7. The van der Waals surface area contributed by atoms with Crippen molar-refractivity contribution in [3.05, 3.63) is 191 Å². The van der Waals surface area contributed by atoms with Gasteiger partial charge in [-0.25, -0.2) is 0 Å². The summed E-state index contributed by atoms with van der Waals surface area (Å²) in [6.07, 6.45) is 3.55. The molecule has 9 aromatic rings. The third-order valence-electron chi connectivity index (χ3n) is 13.8. The first-order chi connectivity index (χ1) is 27.3. The minimum atomic E-state index is -0.0698. The summed E-state index contributed by atoms with van der Waals surface area (Å²) in [4.78, 5) is 0. The molecule has 0 fully saturated rings. The standard InChI is InChI=1S/C54H42N2/c1-53(2)45-21-13-11-19-37(45)39-29-43-41-27-33(23-25-49(41)55(51(43)31-47(39)53)35-15-7-5-8-16-35)34-24-26-50-42(28-34)44-30-40-38-20-12-14-22-46(38)54(3,4)48(40)32-52(44)56(50)36-17-9-6-10-18-36/h5-31,48H,32H2,1-4H3. The maximum absolute atomic E-state index is 2.54. The summed E-state index contributed by atoms with van der Waals surface area (Å²) in [5.41, 5.74) is 21.3. The summed E-state index contributed by atoms with van der Waals surface area (Å²) in [6.45, 7) is 9.63. The Morgan fingerprint density at radius 2 is 1.04 bits per heavy atom. The van der Waals surface area contributed by atoms with Crippen LogP contribution in [0, 0.1) is 5.92 Å². The van der Waals surface area contributed by atoms with Crippen molar-refractivity contribution >= 4 is 44.4 Å². The predicted molar refractivity (Wildman–Crippen MR) is 235 cm³/mol. The second-order valence-corrected chi connectivity index (χ2v) is 17.4. The van der Waals surface area contributed by atoms with E-state index in [-0.39, 0.29) is 10.8 Å². The quantitative estimate of drug-likeness (QED) is 0.172. The molecule has 2 aromatic heterocycles. The number of hydrogen-bond acceptors (Lipinski definition) is 0. The van der Waals surface area contributed by atoms with E-state index in [1.165, 1.54) is 105 Å². The second kappa shape index (κ2) is 11.1. The Labute approximate surface area is 328 Å². The molecule has 2 heteroatoms. The van der Waals surface area contributed by atoms with Gasteiger partial charge in [-0.1, -0.05) is 125 Å². The van der Waals surface area contributed by atoms with Gasteiger partial charge in [0.15, 0.2) is 0 Å². The number of hydrogen-bond donors (Lipinski definition) is 0. The van der Waals surface area contributed by atoms with Crippen LogP contribution in [0.3, 0.4) is 0 Å². The molecule has 1 atom stereocenters. The second-order valence-electron chi connectivity index (χ2n) is 17.4. The van der Waals surface area contributed by atoms with Crippen LogP contribution in [0.1, 0.15) is 61.2 Å². The lowest BCUT2D eigenvalue weighted by Crippen LogP contribution is -2.27. The van der Waals surface area contributed by atoms with Gasteiger partial charge in [-0.3, -0.25) is 0 Å². The lowest BCUT2D eigenvalue weighted by molar-refractivity contribution is 0.405. The number of rotatable bonds is 3. The summed E-state index contributed by atoms with van der Waals surface area (Å²) < 4.78 is 5.01. The van der Waals surface area contributed by atoms with Crippen molar-refractivity contribution < 1.29 is 0 Å². The molecule has 0 N–H and O–H groups in total. The summed E-state index contributed by atoms with van der Waals surface area (Å²) in [5, 5.41) is 3.90. The normalized spacial score (nSPS) is 17.1. The first kappa shape index (κ1) is 31.9. The average molecular weight is 719 g/mol. The van der Waals surface area contributed by atoms with Crippen LogP contribution < -0.4 is 0 Å². The highest BCUT2D eigenvalue weighted by Gasteiger charge is 2.45. The summed E-state index contributed by atoms with van der Waals surface area (Å²) in [5.74, 6) is 0.432. The van der Waals surface area contributed by atoms with Crippen molar-refractivity contribution in [3.8, 4) is 33.6 Å². The zero-order chi connectivity index (χ0) is 37.5. The zero-order valence-electron chi connectivity index (χ0n) is 32.3. The molecule has 56 heavy (non-hydrogen) atoms. The van der Waals surface area contributed by atoms with Gasteiger partial charge in [0.2, 0.25) is 0 Å². The fourth-order valence-corrected chi connectivity index (χ4v) is 11.0. The minimum Gasteiger partial charge on any atom is -0.313 e. The van der Waals surface area contributed by atoms with Crippen LogP contribution in [0.25, 0.3) is 78.0 Å². The maximum Gasteiger partial charge on any atom is 0.0544 e. The topological polar surface area (TPSA) is 9.86 Å². The molecule has 3 aliphatic rings. The van der Waals surface area contributed by atoms with Gasteiger partial charge in [0.25, 0.3) is 0 Å². The van der Waals surface area contributed by atoms with Gasteiger partial charge < -0.3 is 9.13 Å². The van der Waals surface area contributed by atoms with Crippen LogP contribution >= 0.6 is 0 Å². The fourth-order valence-electron chi connectivity index (χ4n) is 11.0. The molecule has 0 bridgehead atoms. The van der Waals surface area contributed by atoms with Gasteiger partial charge in [-0.05, 0) is 135 Å². The lowest BCUT2D eigenvalue weighted by Gasteiger charge is -2.31. The molecule has 0 amide bonds. The largest absolute Gasteiger partial charge is 0.313 e. The number of benzene rings is 7. The van der Waals surface area contributed by atoms with Gasteiger partial charge in [-0.15, -0.1) is 0 Å². The van der Waals surface area contributed by atoms with E-state index in [4.69, 9.17) is 0 Å². The first-order valence-electron chi connectivity index (χ1n) is 20.1. The van der Waals surface area contributed by atoms with E-state index in [1.807, 2.05) is 0 Å². The van der Waals surface area contributed by atoms with Crippen LogP contribution in [0.2, 0.25) is 0 Å². The summed E-state index contributed by atoms with van der Waals surface area (Å²) >= 11 is 0. The van der Waals surface area contributed by atoms with Gasteiger partial charge >= 0.3 is 0 Å². The number of para-hydroxylation sites is 2. The van der Waals surface area contributed by atoms with Gasteiger partial charge in [0, 0.05) is 44.2 Å². The molecule has 2 nitrogen and oxygen atoms in total. The van der Waals surface area contributed by atoms with E-state index in [0.717, 1.165) is 6.42 Å². The minimum absolute atomic E-state index is 0.0650. The Morgan fingerprint density at radius 3 is 1.75 bits per heavy atom. The van der Waals surface area contributed by atoms with Gasteiger partial charge in [0.05, 0.1) is 16.6 Å². The molecular formula is C54H42N2. The molecule has 12 rings (SSSR count). The highest BCUT2D eigenvalue weighted by molar-refractivity contribution is 6.13. The van der Waals surface area contributed by atoms with Crippen LogP contribution in [0.4, 0.5) is 0 Å². The van der Waals surface area contributed by atoms with Gasteiger partial charge in [-0.2, -0.15) is 0 Å². The maximum atomic E-state index is 2.54. The highest BCUT2D eigenvalue weighted by Crippen LogP contribution is 2.56. The third kappa shape index (κ3) is 4.17. The molecule has 0 saturated heterocycles. The Kier molecular flexibility index (Phi) is 6.33. The molecule has 2 heterocycles. The van der Waals surface area contributed by atoms with Crippen molar-refractivity contribution in [3.63, 3.8) is 0 Å². The first-order valence-corrected chi connectivity index (χ1v) is 20.1. The average Bonchev–Trinajstić information content (AvgIpc) is 3.88. The van der Waals surface area contributed by atoms with E-state index in [2.05, 4.69) is 201 Å². The van der Waals surface area contributed by atoms with Crippen molar-refractivity contribution in [2.75, 3.05) is 0 Å². The number of allylic oxidation sites excluding steroid dienone is 1. The van der Waals surface area contributed by atoms with E-state index >= 15 is 0 Å². The number of fused-ring (bicyclic) bond motifs is 12. The molecule has 3 aliphatic carbocycles. The summed E-state index contributed by atoms with van der Waals surface area (Å²) in [6, 6.07) is 59.2. The Bertz CT molecular complexity index is 3150. The van der Waals surface area contributed by atoms with Crippen LogP contribution in [-0.4, -0.2) is 9.13 Å². The van der Waals surface area contributed by atoms with Crippen molar-refractivity contribution in [2.24, 2.45) is 5.92 Å². The van der Waals surface area contributed by atoms with Crippen LogP contribution in [0.5, 0.6) is 0 Å². The third-order valence-corrected chi connectivity index (χ3v) is 13.8. The van der Waals surface area contributed by atoms with E-state index in [9.17, 15) is 0 Å². The van der Waals surface area contributed by atoms with E-state index < -0.39 is 0 Å². The van der Waals surface area contributed by atoms with E-state index in [0.29, 0.717) is 5.92 Å². The van der Waals surface area contributed by atoms with Gasteiger partial charge in [0.1, 0.15) is 0 Å². The highest BCUT2D eigenvalue weighted by atomic mass is 15.0. The van der Waals surface area contributed by atoms with Crippen LogP contribution in [-0.2, 0) is 17.3 Å². The van der Waals surface area contributed by atoms with E-state index in [1.54, 1.807) is 0 Å². The van der Waals surface area contributed by atoms with Crippen molar-refractivity contribution in [2.45, 2.75) is 44.9 Å². The number of aromatic nitrogens is 2. The fraction of sp³-hybridized carbons (Fsp3) is 0.148. The number of nitrogens with zero attached hydrogens (tertiary/aromatic N) is 2. The molecule has 7 aromatic carbocycles. The zero-order valence-corrected chi connectivity index (χ0v) is 32.3. The smallest absolute Gasteiger partial charge is 0.0544 e. The molecule has 1 unspecified atom stereocenters. The molecular weight excluding hydrogens is 677 g/mol. The molecule has 268 valence electrons. The van der Waals surface area contributed by atoms with Crippen molar-refractivity contribution in [1.29, 1.82) is 0 Å². The molecule has 0 aliphatic heterocycles. The molecule has 0 radical (unpaired) electrons. The molecule has 0 spiro atoms.